The van der Waals surface area contributed by atoms with Gasteiger partial charge in [-0.1, -0.05) is 66.6 Å². The number of aliphatic carboxylic acids is 1. The molecule has 0 fully saturated rings. The summed E-state index contributed by atoms with van der Waals surface area (Å²) < 4.78 is 0. The molecule has 0 radical (unpaired) electrons. The van der Waals surface area contributed by atoms with Crippen molar-refractivity contribution in [2.75, 3.05) is 13.6 Å². The minimum atomic E-state index is -0.918. The fourth-order valence-electron chi connectivity index (χ4n) is 2.86. The molecule has 0 spiro atoms. The zero-order valence-electron chi connectivity index (χ0n) is 15.7. The molecule has 0 saturated heterocycles. The van der Waals surface area contributed by atoms with Crippen LogP contribution < -0.4 is 5.32 Å². The minimum absolute atomic E-state index is 0.148. The molecule has 2 amide bonds. The monoisotopic (exact) mass is 354 g/mol. The van der Waals surface area contributed by atoms with Crippen molar-refractivity contribution in [1.82, 2.24) is 10.2 Å². The molecule has 0 aliphatic carbocycles. The average molecular weight is 354 g/mol. The molecule has 2 rings (SSSR count). The van der Waals surface area contributed by atoms with Crippen molar-refractivity contribution >= 4 is 12.0 Å². The van der Waals surface area contributed by atoms with Crippen LogP contribution in [0.25, 0.3) is 0 Å². The van der Waals surface area contributed by atoms with Crippen LogP contribution in [0.5, 0.6) is 0 Å². The molecule has 2 aromatic rings. The zero-order chi connectivity index (χ0) is 19.3. The number of urea groups is 1. The predicted molar refractivity (Wildman–Crippen MR) is 102 cm³/mol. The number of aryl methyl sites for hydroxylation is 2. The summed E-state index contributed by atoms with van der Waals surface area (Å²) in [6, 6.07) is 15.4. The lowest BCUT2D eigenvalue weighted by Gasteiger charge is -2.26. The Kier molecular flexibility index (Phi) is 6.39. The summed E-state index contributed by atoms with van der Waals surface area (Å²) in [6.07, 6.45) is 0. The fraction of sp³-hybridized carbons (Fsp3) is 0.333. The maximum absolute atomic E-state index is 12.6. The summed E-state index contributed by atoms with van der Waals surface area (Å²) in [4.78, 5) is 25.1. The van der Waals surface area contributed by atoms with Gasteiger partial charge in [0.2, 0.25) is 0 Å². The summed E-state index contributed by atoms with van der Waals surface area (Å²) in [5.74, 6) is -1.54. The average Bonchev–Trinajstić information content (AvgIpc) is 2.59. The second kappa shape index (κ2) is 8.52. The molecular weight excluding hydrogens is 328 g/mol. The van der Waals surface area contributed by atoms with Crippen molar-refractivity contribution in [3.63, 3.8) is 0 Å². The number of benzene rings is 2. The van der Waals surface area contributed by atoms with Gasteiger partial charge < -0.3 is 15.3 Å². The van der Waals surface area contributed by atoms with Crippen molar-refractivity contribution in [2.45, 2.75) is 26.8 Å². The van der Waals surface area contributed by atoms with E-state index in [0.29, 0.717) is 0 Å². The number of carboxylic acid groups (broad SMARTS) is 1. The van der Waals surface area contributed by atoms with Crippen molar-refractivity contribution in [2.24, 2.45) is 5.92 Å². The van der Waals surface area contributed by atoms with Gasteiger partial charge in [0.05, 0.1) is 12.0 Å². The molecule has 138 valence electrons. The Morgan fingerprint density at radius 2 is 1.54 bits per heavy atom. The maximum Gasteiger partial charge on any atom is 0.317 e. The summed E-state index contributed by atoms with van der Waals surface area (Å²) in [6.45, 7) is 5.76. The van der Waals surface area contributed by atoms with E-state index in [4.69, 9.17) is 5.11 Å². The van der Waals surface area contributed by atoms with Crippen LogP contribution in [0.3, 0.4) is 0 Å². The van der Waals surface area contributed by atoms with Crippen LogP contribution in [0.15, 0.2) is 48.5 Å². The molecule has 2 N–H and O–H groups in total. The van der Waals surface area contributed by atoms with E-state index in [0.717, 1.165) is 22.3 Å². The Bertz CT molecular complexity index is 743. The van der Waals surface area contributed by atoms with Crippen LogP contribution in [0, 0.1) is 19.8 Å². The molecule has 1 unspecified atom stereocenters. The number of nitrogens with one attached hydrogen (secondary N) is 1. The standard InChI is InChI=1S/C21H26N2O3/c1-14-7-5-9-17(11-14)19(18-10-6-8-15(2)12-18)22-21(26)23(4)13-16(3)20(24)25/h5-12,16,19H,13H2,1-4H3,(H,22,26)(H,24,25). The summed E-state index contributed by atoms with van der Waals surface area (Å²) >= 11 is 0. The van der Waals surface area contributed by atoms with Crippen LogP contribution in [0.2, 0.25) is 0 Å². The van der Waals surface area contributed by atoms with E-state index >= 15 is 0 Å². The number of carbonyl (C=O) groups is 2. The van der Waals surface area contributed by atoms with Gasteiger partial charge in [0.25, 0.3) is 0 Å². The topological polar surface area (TPSA) is 69.6 Å². The van der Waals surface area contributed by atoms with Crippen molar-refractivity contribution in [3.8, 4) is 0 Å². The highest BCUT2D eigenvalue weighted by atomic mass is 16.4. The quantitative estimate of drug-likeness (QED) is 0.830. The van der Waals surface area contributed by atoms with Gasteiger partial charge in [0.15, 0.2) is 0 Å². The third kappa shape index (κ3) is 5.09. The number of carbonyl (C=O) groups excluding carboxylic acids is 1. The summed E-state index contributed by atoms with van der Waals surface area (Å²) in [7, 11) is 1.61. The Labute approximate surface area is 154 Å². The molecule has 5 heteroatoms. The molecule has 0 aromatic heterocycles. The molecule has 26 heavy (non-hydrogen) atoms. The van der Waals surface area contributed by atoms with Gasteiger partial charge in [-0.3, -0.25) is 4.79 Å². The Morgan fingerprint density at radius 1 is 1.04 bits per heavy atom. The van der Waals surface area contributed by atoms with Crippen molar-refractivity contribution in [3.05, 3.63) is 70.8 Å². The van der Waals surface area contributed by atoms with Crippen LogP contribution in [0.1, 0.15) is 35.2 Å². The SMILES string of the molecule is Cc1cccc(C(NC(=O)N(C)CC(C)C(=O)O)c2cccc(C)c2)c1. The van der Waals surface area contributed by atoms with Gasteiger partial charge in [-0.25, -0.2) is 4.79 Å². The van der Waals surface area contributed by atoms with Crippen LogP contribution in [-0.4, -0.2) is 35.6 Å². The van der Waals surface area contributed by atoms with Gasteiger partial charge in [0.1, 0.15) is 0 Å². The third-order valence-electron chi connectivity index (χ3n) is 4.33. The van der Waals surface area contributed by atoms with E-state index in [-0.39, 0.29) is 18.6 Å². The lowest BCUT2D eigenvalue weighted by molar-refractivity contribution is -0.141. The molecule has 2 aromatic carbocycles. The van der Waals surface area contributed by atoms with E-state index in [1.807, 2.05) is 62.4 Å². The Hall–Kier alpha value is -2.82. The first kappa shape index (κ1) is 19.5. The van der Waals surface area contributed by atoms with Crippen LogP contribution in [-0.2, 0) is 4.79 Å². The number of amides is 2. The number of nitrogens with zero attached hydrogens (tertiary/aromatic N) is 1. The molecule has 0 heterocycles. The van der Waals surface area contributed by atoms with Gasteiger partial charge in [0, 0.05) is 13.6 Å². The first-order valence-electron chi connectivity index (χ1n) is 8.65. The van der Waals surface area contributed by atoms with E-state index < -0.39 is 11.9 Å². The highest BCUT2D eigenvalue weighted by Crippen LogP contribution is 2.24. The molecule has 0 aliphatic heterocycles. The summed E-state index contributed by atoms with van der Waals surface area (Å²) in [5.41, 5.74) is 4.21. The van der Waals surface area contributed by atoms with E-state index in [1.54, 1.807) is 14.0 Å². The van der Waals surface area contributed by atoms with Gasteiger partial charge in [-0.2, -0.15) is 0 Å². The fourth-order valence-corrected chi connectivity index (χ4v) is 2.86. The van der Waals surface area contributed by atoms with Crippen molar-refractivity contribution < 1.29 is 14.7 Å². The first-order valence-corrected chi connectivity index (χ1v) is 8.65. The first-order chi connectivity index (χ1) is 12.3. The lowest BCUT2D eigenvalue weighted by Crippen LogP contribution is -2.42. The molecule has 1 atom stereocenters. The van der Waals surface area contributed by atoms with Crippen LogP contribution in [0.4, 0.5) is 4.79 Å². The summed E-state index contributed by atoms with van der Waals surface area (Å²) in [5, 5.41) is 12.1. The highest BCUT2D eigenvalue weighted by molar-refractivity contribution is 5.76. The molecule has 0 saturated carbocycles. The van der Waals surface area contributed by atoms with E-state index in [1.165, 1.54) is 4.90 Å². The number of hydrogen-bond donors (Lipinski definition) is 2. The Morgan fingerprint density at radius 3 is 1.96 bits per heavy atom. The molecule has 5 nitrogen and oxygen atoms in total. The van der Waals surface area contributed by atoms with E-state index in [9.17, 15) is 9.59 Å². The number of hydrogen-bond acceptors (Lipinski definition) is 2. The van der Waals surface area contributed by atoms with Gasteiger partial charge >= 0.3 is 12.0 Å². The van der Waals surface area contributed by atoms with Gasteiger partial charge in [-0.15, -0.1) is 0 Å². The second-order valence-electron chi connectivity index (χ2n) is 6.83. The zero-order valence-corrected chi connectivity index (χ0v) is 15.7. The van der Waals surface area contributed by atoms with Gasteiger partial charge in [-0.05, 0) is 25.0 Å². The highest BCUT2D eigenvalue weighted by Gasteiger charge is 2.22. The normalized spacial score (nSPS) is 11.9. The number of rotatable bonds is 6. The van der Waals surface area contributed by atoms with E-state index in [2.05, 4.69) is 5.32 Å². The molecule has 0 aliphatic rings. The third-order valence-corrected chi connectivity index (χ3v) is 4.33. The van der Waals surface area contributed by atoms with Crippen LogP contribution >= 0.6 is 0 Å². The minimum Gasteiger partial charge on any atom is -0.481 e. The van der Waals surface area contributed by atoms with Crippen molar-refractivity contribution in [1.29, 1.82) is 0 Å². The second-order valence-corrected chi connectivity index (χ2v) is 6.83. The molecule has 0 bridgehead atoms. The predicted octanol–water partition coefficient (Wildman–Crippen LogP) is 3.75. The largest absolute Gasteiger partial charge is 0.481 e. The smallest absolute Gasteiger partial charge is 0.317 e. The molecular formula is C21H26N2O3. The maximum atomic E-state index is 12.6. The number of carboxylic acids is 1. The Balaban J connectivity index is 2.27. The lowest BCUT2D eigenvalue weighted by atomic mass is 9.96.